The van der Waals surface area contributed by atoms with Crippen LogP contribution in [0.25, 0.3) is 0 Å². The lowest BCUT2D eigenvalue weighted by atomic mass is 9.90. The number of urea groups is 1. The third-order valence-electron chi connectivity index (χ3n) is 4.88. The summed E-state index contributed by atoms with van der Waals surface area (Å²) < 4.78 is 20.1. The lowest BCUT2D eigenvalue weighted by Crippen LogP contribution is -2.65. The zero-order chi connectivity index (χ0) is 18.6. The Morgan fingerprint density at radius 3 is 2.81 bits per heavy atom. The van der Waals surface area contributed by atoms with Gasteiger partial charge in [0.15, 0.2) is 5.72 Å². The summed E-state index contributed by atoms with van der Waals surface area (Å²) in [6.07, 6.45) is 0.377. The molecule has 0 saturated carbocycles. The molecule has 134 valence electrons. The summed E-state index contributed by atoms with van der Waals surface area (Å²) in [5, 5.41) is 13.9. The second kappa shape index (κ2) is 5.42. The first-order chi connectivity index (χ1) is 12.3. The van der Waals surface area contributed by atoms with Gasteiger partial charge < -0.3 is 10.1 Å². The van der Waals surface area contributed by atoms with Gasteiger partial charge in [-0.25, -0.2) is 9.18 Å². The highest BCUT2D eigenvalue weighted by Gasteiger charge is 2.50. The van der Waals surface area contributed by atoms with Gasteiger partial charge in [-0.2, -0.15) is 0 Å². The van der Waals surface area contributed by atoms with E-state index < -0.39 is 28.5 Å². The van der Waals surface area contributed by atoms with E-state index in [2.05, 4.69) is 5.32 Å². The number of nitro groups is 1. The van der Waals surface area contributed by atoms with Gasteiger partial charge in [0, 0.05) is 24.1 Å². The summed E-state index contributed by atoms with van der Waals surface area (Å²) in [5.74, 6) is 0.0554. The Hall–Kier alpha value is -3.16. The molecule has 1 saturated heterocycles. The average Bonchev–Trinajstić information content (AvgIpc) is 2.57. The highest BCUT2D eigenvalue weighted by atomic mass is 19.1. The third kappa shape index (κ3) is 2.37. The van der Waals surface area contributed by atoms with Crippen LogP contribution < -0.4 is 15.0 Å². The molecule has 2 heterocycles. The molecule has 0 aliphatic carbocycles. The quantitative estimate of drug-likeness (QED) is 0.654. The number of anilines is 1. The van der Waals surface area contributed by atoms with E-state index in [-0.39, 0.29) is 5.69 Å². The number of hydrogen-bond acceptors (Lipinski definition) is 4. The third-order valence-corrected chi connectivity index (χ3v) is 4.88. The minimum absolute atomic E-state index is 0.0618. The molecule has 0 aromatic heterocycles. The number of fused-ring (bicyclic) bond motifs is 4. The standard InChI is InChI=1S/C18H16FN3O4/c1-10-3-4-11(8-14(10)19)21-17(23)20-15-9-18(21,2)26-16-6-5-12(22(24)25)7-13(15)16/h3-8,15H,9H2,1-2H3,(H,20,23). The van der Waals surface area contributed by atoms with Gasteiger partial charge in [-0.1, -0.05) is 6.07 Å². The van der Waals surface area contributed by atoms with Crippen LogP contribution in [0.2, 0.25) is 0 Å². The van der Waals surface area contributed by atoms with Crippen LogP contribution >= 0.6 is 0 Å². The van der Waals surface area contributed by atoms with Crippen molar-refractivity contribution in [1.29, 1.82) is 0 Å². The maximum absolute atomic E-state index is 14.0. The maximum Gasteiger partial charge on any atom is 0.325 e. The summed E-state index contributed by atoms with van der Waals surface area (Å²) >= 11 is 0. The van der Waals surface area contributed by atoms with E-state index in [0.29, 0.717) is 29.0 Å². The first-order valence-corrected chi connectivity index (χ1v) is 8.13. The SMILES string of the molecule is Cc1ccc(N2C(=O)NC3CC2(C)Oc2ccc([N+](=O)[O-])cc23)cc1F. The van der Waals surface area contributed by atoms with Gasteiger partial charge in [-0.15, -0.1) is 0 Å². The second-order valence-corrected chi connectivity index (χ2v) is 6.73. The van der Waals surface area contributed by atoms with E-state index in [0.717, 1.165) is 0 Å². The number of carbonyl (C=O) groups is 1. The Morgan fingerprint density at radius 2 is 2.12 bits per heavy atom. The number of hydrogen-bond donors (Lipinski definition) is 1. The summed E-state index contributed by atoms with van der Waals surface area (Å²) in [6, 6.07) is 8.03. The molecule has 2 amide bonds. The number of nitro benzene ring substituents is 1. The van der Waals surface area contributed by atoms with Crippen molar-refractivity contribution in [3.05, 3.63) is 63.5 Å². The summed E-state index contributed by atoms with van der Waals surface area (Å²) in [7, 11) is 0. The number of ether oxygens (including phenoxy) is 1. The minimum Gasteiger partial charge on any atom is -0.467 e. The zero-order valence-electron chi connectivity index (χ0n) is 14.2. The first-order valence-electron chi connectivity index (χ1n) is 8.13. The molecule has 2 aliphatic heterocycles. The predicted molar refractivity (Wildman–Crippen MR) is 91.6 cm³/mol. The minimum atomic E-state index is -1.03. The van der Waals surface area contributed by atoms with Crippen LogP contribution in [0.1, 0.15) is 30.5 Å². The number of rotatable bonds is 2. The molecule has 4 rings (SSSR count). The maximum atomic E-state index is 14.0. The van der Waals surface area contributed by atoms with E-state index in [1.54, 1.807) is 26.0 Å². The topological polar surface area (TPSA) is 84.7 Å². The van der Waals surface area contributed by atoms with Crippen molar-refractivity contribution in [2.45, 2.75) is 32.0 Å². The predicted octanol–water partition coefficient (Wildman–Crippen LogP) is 3.81. The molecule has 2 atom stereocenters. The van der Waals surface area contributed by atoms with Crippen molar-refractivity contribution in [1.82, 2.24) is 5.32 Å². The molecular formula is C18H16FN3O4. The van der Waals surface area contributed by atoms with Crippen molar-refractivity contribution in [2.24, 2.45) is 0 Å². The molecule has 0 radical (unpaired) electrons. The molecule has 2 aromatic carbocycles. The van der Waals surface area contributed by atoms with Crippen molar-refractivity contribution in [3.8, 4) is 5.75 Å². The van der Waals surface area contributed by atoms with Gasteiger partial charge in [0.2, 0.25) is 0 Å². The monoisotopic (exact) mass is 357 g/mol. The van der Waals surface area contributed by atoms with Gasteiger partial charge in [0.05, 0.1) is 16.7 Å². The van der Waals surface area contributed by atoms with Crippen molar-refractivity contribution < 1.29 is 18.8 Å². The molecule has 2 unspecified atom stereocenters. The zero-order valence-corrected chi connectivity index (χ0v) is 14.2. The summed E-state index contributed by atoms with van der Waals surface area (Å²) in [6.45, 7) is 3.40. The molecule has 8 heteroatoms. The first kappa shape index (κ1) is 16.3. The van der Waals surface area contributed by atoms with Crippen LogP contribution in [0, 0.1) is 22.9 Å². The molecule has 1 fully saturated rings. The van der Waals surface area contributed by atoms with E-state index in [9.17, 15) is 19.3 Å². The van der Waals surface area contributed by atoms with Crippen LogP contribution in [0.4, 0.5) is 20.6 Å². The largest absolute Gasteiger partial charge is 0.467 e. The molecule has 7 nitrogen and oxygen atoms in total. The molecule has 0 spiro atoms. The number of nitrogens with zero attached hydrogens (tertiary/aromatic N) is 2. The Labute approximate surface area is 148 Å². The second-order valence-electron chi connectivity index (χ2n) is 6.73. The van der Waals surface area contributed by atoms with Crippen molar-refractivity contribution >= 4 is 17.4 Å². The number of nitrogens with one attached hydrogen (secondary N) is 1. The normalized spacial score (nSPS) is 23.7. The van der Waals surface area contributed by atoms with Gasteiger partial charge >= 0.3 is 6.03 Å². The highest BCUT2D eigenvalue weighted by molar-refractivity contribution is 5.95. The van der Waals surface area contributed by atoms with Crippen LogP contribution in [0.15, 0.2) is 36.4 Å². The van der Waals surface area contributed by atoms with Gasteiger partial charge in [0.25, 0.3) is 5.69 Å². The number of halogens is 1. The lowest BCUT2D eigenvalue weighted by molar-refractivity contribution is -0.385. The fraction of sp³-hybridized carbons (Fsp3) is 0.278. The number of benzene rings is 2. The van der Waals surface area contributed by atoms with Gasteiger partial charge in [-0.3, -0.25) is 15.0 Å². The fourth-order valence-corrected chi connectivity index (χ4v) is 3.59. The lowest BCUT2D eigenvalue weighted by Gasteiger charge is -2.50. The number of amides is 2. The van der Waals surface area contributed by atoms with E-state index in [4.69, 9.17) is 4.74 Å². The molecule has 2 aromatic rings. The Kier molecular flexibility index (Phi) is 3.40. The van der Waals surface area contributed by atoms with Crippen molar-refractivity contribution in [3.63, 3.8) is 0 Å². The van der Waals surface area contributed by atoms with Gasteiger partial charge in [-0.05, 0) is 37.6 Å². The molecular weight excluding hydrogens is 341 g/mol. The molecule has 2 aliphatic rings. The van der Waals surface area contributed by atoms with E-state index in [1.807, 2.05) is 0 Å². The highest BCUT2D eigenvalue weighted by Crippen LogP contribution is 2.46. The number of non-ortho nitro benzene ring substituents is 1. The Balaban J connectivity index is 1.78. The smallest absolute Gasteiger partial charge is 0.325 e. The molecule has 1 N–H and O–H groups in total. The Morgan fingerprint density at radius 1 is 1.35 bits per heavy atom. The van der Waals surface area contributed by atoms with Crippen LogP contribution in [0.5, 0.6) is 5.75 Å². The summed E-state index contributed by atoms with van der Waals surface area (Å²) in [4.78, 5) is 24.6. The summed E-state index contributed by atoms with van der Waals surface area (Å²) in [5.41, 5.74) is 0.346. The van der Waals surface area contributed by atoms with Crippen LogP contribution in [0.3, 0.4) is 0 Å². The molecule has 2 bridgehead atoms. The van der Waals surface area contributed by atoms with E-state index in [1.165, 1.54) is 29.2 Å². The van der Waals surface area contributed by atoms with Crippen LogP contribution in [-0.2, 0) is 0 Å². The van der Waals surface area contributed by atoms with E-state index >= 15 is 0 Å². The average molecular weight is 357 g/mol. The van der Waals surface area contributed by atoms with Crippen LogP contribution in [-0.4, -0.2) is 16.7 Å². The molecule has 26 heavy (non-hydrogen) atoms. The number of carbonyl (C=O) groups excluding carboxylic acids is 1. The number of aryl methyl sites for hydroxylation is 1. The fourth-order valence-electron chi connectivity index (χ4n) is 3.59. The van der Waals surface area contributed by atoms with Crippen molar-refractivity contribution in [2.75, 3.05) is 4.90 Å². The Bertz CT molecular complexity index is 948. The van der Waals surface area contributed by atoms with Gasteiger partial charge in [0.1, 0.15) is 11.6 Å².